The average molecular weight is 838 g/mol. The van der Waals surface area contributed by atoms with E-state index in [0.29, 0.717) is 60.4 Å². The lowest BCUT2D eigenvalue weighted by molar-refractivity contribution is -0.142. The van der Waals surface area contributed by atoms with Gasteiger partial charge in [-0.2, -0.15) is 0 Å². The van der Waals surface area contributed by atoms with E-state index in [0.717, 1.165) is 37.7 Å². The number of pyridine rings is 1. The zero-order valence-electron chi connectivity index (χ0n) is 34.8. The zero-order chi connectivity index (χ0) is 42.3. The van der Waals surface area contributed by atoms with Gasteiger partial charge in [0, 0.05) is 29.9 Å². The zero-order valence-corrected chi connectivity index (χ0v) is 35.7. The van der Waals surface area contributed by atoms with Gasteiger partial charge >= 0.3 is 6.09 Å². The molecule has 59 heavy (non-hydrogen) atoms. The van der Waals surface area contributed by atoms with Gasteiger partial charge in [-0.05, 0) is 88.2 Å². The molecule has 7 rings (SSSR count). The maximum atomic E-state index is 15.0. The van der Waals surface area contributed by atoms with Crippen LogP contribution < -0.4 is 29.6 Å². The highest BCUT2D eigenvalue weighted by Crippen LogP contribution is 2.46. The van der Waals surface area contributed by atoms with E-state index in [1.807, 2.05) is 39.8 Å². The van der Waals surface area contributed by atoms with Gasteiger partial charge in [0.25, 0.3) is 5.91 Å². The molecule has 0 spiro atoms. The van der Waals surface area contributed by atoms with Crippen molar-refractivity contribution in [3.8, 4) is 17.4 Å². The van der Waals surface area contributed by atoms with Gasteiger partial charge in [-0.1, -0.05) is 39.2 Å². The molecule has 5 atom stereocenters. The summed E-state index contributed by atoms with van der Waals surface area (Å²) in [7, 11) is -2.30. The van der Waals surface area contributed by atoms with E-state index in [2.05, 4.69) is 21.9 Å². The quantitative estimate of drug-likeness (QED) is 0.271. The summed E-state index contributed by atoms with van der Waals surface area (Å²) in [6, 6.07) is 3.46. The number of amides is 4. The molecule has 4 bridgehead atoms. The first-order chi connectivity index (χ1) is 28.0. The molecule has 4 amide bonds. The van der Waals surface area contributed by atoms with Crippen LogP contribution in [0.4, 0.5) is 4.79 Å². The molecule has 16 heteroatoms. The highest BCUT2D eigenvalue weighted by Gasteiger charge is 2.62. The van der Waals surface area contributed by atoms with Crippen molar-refractivity contribution >= 4 is 44.7 Å². The number of aryl methyl sites for hydroxylation is 1. The minimum absolute atomic E-state index is 0.0166. The third kappa shape index (κ3) is 9.42. The molecule has 1 aromatic heterocycles. The Balaban J connectivity index is 1.27. The molecule has 2 aliphatic heterocycles. The summed E-state index contributed by atoms with van der Waals surface area (Å²) in [5.41, 5.74) is -0.420. The number of fused-ring (bicyclic) bond motifs is 3. The maximum absolute atomic E-state index is 15.0. The fourth-order valence-corrected chi connectivity index (χ4v) is 10.3. The van der Waals surface area contributed by atoms with E-state index >= 15 is 0 Å². The molecular weight excluding hydrogens is 779 g/mol. The Morgan fingerprint density at radius 1 is 1.08 bits per heavy atom. The third-order valence-electron chi connectivity index (χ3n) is 12.5. The van der Waals surface area contributed by atoms with Crippen molar-refractivity contribution in [2.24, 2.45) is 17.3 Å². The van der Waals surface area contributed by atoms with Gasteiger partial charge in [-0.15, -0.1) is 6.58 Å². The van der Waals surface area contributed by atoms with E-state index in [-0.39, 0.29) is 43.4 Å². The molecule has 3 saturated carbocycles. The SMILES string of the molecule is C=C[C@@H]1CC1(NC(=O)[C@@H]1C[C@@H]2CN1C(=O)[C@H](C1CCCCC1)NC(=O)OCC(C)(C)CCCc1cc3c(cc(OC(C)C)nc3cc1OC)O2)C(=O)NS(=O)(=O)C1CC1. The number of sulfonamides is 1. The van der Waals surface area contributed by atoms with E-state index in [4.69, 9.17) is 23.9 Å². The minimum atomic E-state index is -3.91. The van der Waals surface area contributed by atoms with E-state index in [1.54, 1.807) is 13.2 Å². The van der Waals surface area contributed by atoms with Crippen molar-refractivity contribution in [2.75, 3.05) is 20.3 Å². The number of rotatable bonds is 10. The molecule has 2 aromatic rings. The number of cyclic esters (lactones) is 1. The van der Waals surface area contributed by atoms with Crippen LogP contribution in [0.5, 0.6) is 17.4 Å². The highest BCUT2D eigenvalue weighted by molar-refractivity contribution is 7.91. The van der Waals surface area contributed by atoms with Gasteiger partial charge < -0.3 is 34.5 Å². The van der Waals surface area contributed by atoms with Crippen molar-refractivity contribution in [2.45, 2.75) is 140 Å². The number of methoxy groups -OCH3 is 1. The second kappa shape index (κ2) is 16.8. The van der Waals surface area contributed by atoms with Crippen molar-refractivity contribution in [1.29, 1.82) is 0 Å². The highest BCUT2D eigenvalue weighted by atomic mass is 32.2. The molecule has 4 fully saturated rings. The number of ether oxygens (including phenoxy) is 4. The van der Waals surface area contributed by atoms with Crippen LogP contribution in [0.2, 0.25) is 0 Å². The van der Waals surface area contributed by atoms with Gasteiger partial charge in [0.15, 0.2) is 0 Å². The van der Waals surface area contributed by atoms with E-state index in [9.17, 15) is 27.6 Å². The summed E-state index contributed by atoms with van der Waals surface area (Å²) >= 11 is 0. The lowest BCUT2D eigenvalue weighted by Crippen LogP contribution is -2.59. The molecule has 3 heterocycles. The van der Waals surface area contributed by atoms with Crippen molar-refractivity contribution in [1.82, 2.24) is 25.2 Å². The fraction of sp³-hybridized carbons (Fsp3) is 0.651. The minimum Gasteiger partial charge on any atom is -0.496 e. The van der Waals surface area contributed by atoms with Gasteiger partial charge in [-0.25, -0.2) is 18.2 Å². The first kappa shape index (κ1) is 42.5. The van der Waals surface area contributed by atoms with Crippen LogP contribution in [0.1, 0.15) is 104 Å². The number of hydrogen-bond donors (Lipinski definition) is 3. The van der Waals surface area contributed by atoms with Crippen LogP contribution in [0.3, 0.4) is 0 Å². The number of carbonyl (C=O) groups excluding carboxylic acids is 4. The Labute approximate surface area is 346 Å². The molecule has 5 aliphatic rings. The number of carbonyl (C=O) groups is 4. The van der Waals surface area contributed by atoms with E-state index < -0.39 is 68.7 Å². The van der Waals surface area contributed by atoms with Crippen LogP contribution in [0.15, 0.2) is 30.9 Å². The molecule has 1 unspecified atom stereocenters. The second-order valence-electron chi connectivity index (χ2n) is 18.1. The molecule has 1 aromatic carbocycles. The molecule has 1 saturated heterocycles. The molecule has 3 N–H and O–H groups in total. The predicted octanol–water partition coefficient (Wildman–Crippen LogP) is 5.09. The number of nitrogens with one attached hydrogen (secondary N) is 3. The third-order valence-corrected chi connectivity index (χ3v) is 14.3. The summed E-state index contributed by atoms with van der Waals surface area (Å²) in [4.78, 5) is 63.0. The molecular formula is C43H59N5O10S. The summed E-state index contributed by atoms with van der Waals surface area (Å²) in [5, 5.41) is 5.83. The van der Waals surface area contributed by atoms with Gasteiger partial charge in [0.1, 0.15) is 35.2 Å². The predicted molar refractivity (Wildman–Crippen MR) is 219 cm³/mol. The monoisotopic (exact) mass is 837 g/mol. The van der Waals surface area contributed by atoms with Gasteiger partial charge in [0.05, 0.1) is 37.1 Å². The first-order valence-electron chi connectivity index (χ1n) is 21.1. The second-order valence-corrected chi connectivity index (χ2v) is 20.0. The van der Waals surface area contributed by atoms with Crippen molar-refractivity contribution < 1.29 is 46.5 Å². The summed E-state index contributed by atoms with van der Waals surface area (Å²) in [6.07, 6.45) is 7.40. The normalized spacial score (nSPS) is 27.8. The Kier molecular flexibility index (Phi) is 12.1. The lowest BCUT2D eigenvalue weighted by atomic mass is 9.83. The Hall–Kier alpha value is -4.60. The largest absolute Gasteiger partial charge is 0.496 e. The summed E-state index contributed by atoms with van der Waals surface area (Å²) < 4.78 is 52.3. The topological polar surface area (TPSA) is 192 Å². The smallest absolute Gasteiger partial charge is 0.407 e. The Bertz CT molecular complexity index is 2080. The Morgan fingerprint density at radius 2 is 1.83 bits per heavy atom. The van der Waals surface area contributed by atoms with Crippen molar-refractivity contribution in [3.63, 3.8) is 0 Å². The number of aromatic nitrogens is 1. The van der Waals surface area contributed by atoms with Gasteiger partial charge in [-0.3, -0.25) is 19.1 Å². The van der Waals surface area contributed by atoms with Crippen LogP contribution in [0, 0.1) is 17.3 Å². The number of benzene rings is 1. The van der Waals surface area contributed by atoms with Gasteiger partial charge in [0.2, 0.25) is 27.7 Å². The first-order valence-corrected chi connectivity index (χ1v) is 22.7. The molecule has 322 valence electrons. The maximum Gasteiger partial charge on any atom is 0.407 e. The van der Waals surface area contributed by atoms with Crippen LogP contribution >= 0.6 is 0 Å². The van der Waals surface area contributed by atoms with Crippen LogP contribution in [-0.2, 0) is 35.6 Å². The van der Waals surface area contributed by atoms with E-state index in [1.165, 1.54) is 11.0 Å². The standard InChI is InChI=1S/C43H59N5O10S/c1-7-28-22-43(28,40(51)47-59(53,54)30-15-16-30)46-38(49)33-19-29-23-48(33)39(50)37(26-12-9-8-10-13-26)45-41(52)56-24-42(4,5)17-11-14-27-18-31-32(20-34(27)55-6)44-36(57-25(2)3)21-35(31)58-29/h7,18,20-21,25-26,28-30,33,37H,1,8-17,19,22-24H2,2-6H3,(H,45,52)(H,46,49)(H,47,51)/t28-,29-,33+,37+,43?/m1/s1. The molecule has 3 aliphatic carbocycles. The van der Waals surface area contributed by atoms with Crippen LogP contribution in [-0.4, -0.2) is 97.5 Å². The lowest BCUT2D eigenvalue weighted by Gasteiger charge is -2.35. The number of nitrogens with zero attached hydrogens (tertiary/aromatic N) is 2. The van der Waals surface area contributed by atoms with Crippen LogP contribution in [0.25, 0.3) is 10.9 Å². The Morgan fingerprint density at radius 3 is 2.49 bits per heavy atom. The summed E-state index contributed by atoms with van der Waals surface area (Å²) in [5.74, 6) is -1.20. The number of alkyl carbamates (subject to hydrolysis) is 1. The summed E-state index contributed by atoms with van der Waals surface area (Å²) in [6.45, 7) is 11.8. The average Bonchev–Trinajstić information content (AvgIpc) is 4.12. The van der Waals surface area contributed by atoms with Crippen molar-refractivity contribution in [3.05, 3.63) is 36.4 Å². The fourth-order valence-electron chi connectivity index (χ4n) is 8.89. The molecule has 15 nitrogen and oxygen atoms in total. The number of hydrogen-bond acceptors (Lipinski definition) is 11. The molecule has 0 radical (unpaired) electrons.